The van der Waals surface area contributed by atoms with Crippen molar-refractivity contribution in [1.82, 2.24) is 15.1 Å². The first-order chi connectivity index (χ1) is 12.2. The molecule has 0 unspecified atom stereocenters. The van der Waals surface area contributed by atoms with Crippen LogP contribution in [-0.2, 0) is 11.3 Å². The Bertz CT molecular complexity index is 588. The minimum atomic E-state index is 0. The van der Waals surface area contributed by atoms with E-state index in [9.17, 15) is 4.79 Å². The summed E-state index contributed by atoms with van der Waals surface area (Å²) in [6.45, 7) is 7.55. The maximum Gasteiger partial charge on any atom is 0.222 e. The second-order valence-corrected chi connectivity index (χ2v) is 7.16. The Hall–Kier alpha value is -1.01. The van der Waals surface area contributed by atoms with Crippen LogP contribution in [0.4, 0.5) is 0 Å². The molecule has 0 spiro atoms. The van der Waals surface area contributed by atoms with Crippen LogP contribution in [-0.4, -0.2) is 61.6 Å². The molecule has 1 amide bonds. The SMILES string of the molecule is CCOc1cccc(CN2CC[C@@H]3[C@@H](CCC(=O)N3CCNC)C2)c1.Cl.Cl. The second kappa shape index (κ2) is 11.7. The number of amides is 1. The van der Waals surface area contributed by atoms with Crippen molar-refractivity contribution in [3.8, 4) is 5.75 Å². The van der Waals surface area contributed by atoms with Crippen molar-refractivity contribution >= 4 is 30.7 Å². The lowest BCUT2D eigenvalue weighted by Gasteiger charge is -2.47. The highest BCUT2D eigenvalue weighted by Crippen LogP contribution is 2.31. The van der Waals surface area contributed by atoms with Gasteiger partial charge in [-0.15, -0.1) is 24.8 Å². The van der Waals surface area contributed by atoms with Gasteiger partial charge in [-0.1, -0.05) is 12.1 Å². The third-order valence-corrected chi connectivity index (χ3v) is 5.45. The molecule has 2 aliphatic rings. The number of likely N-dealkylation sites (N-methyl/N-ethyl adjacent to an activating group) is 1. The van der Waals surface area contributed by atoms with Gasteiger partial charge in [-0.05, 0) is 50.4 Å². The van der Waals surface area contributed by atoms with E-state index in [0.29, 0.717) is 30.9 Å². The van der Waals surface area contributed by atoms with Gasteiger partial charge >= 0.3 is 0 Å². The summed E-state index contributed by atoms with van der Waals surface area (Å²) in [7, 11) is 1.95. The smallest absolute Gasteiger partial charge is 0.222 e. The number of likely N-dealkylation sites (tertiary alicyclic amines) is 2. The molecule has 3 rings (SSSR count). The van der Waals surface area contributed by atoms with Crippen LogP contribution in [0.3, 0.4) is 0 Å². The fourth-order valence-electron chi connectivity index (χ4n) is 4.25. The molecule has 2 fully saturated rings. The minimum Gasteiger partial charge on any atom is -0.494 e. The number of fused-ring (bicyclic) bond motifs is 1. The number of benzene rings is 1. The van der Waals surface area contributed by atoms with Crippen LogP contribution in [0.15, 0.2) is 24.3 Å². The fourth-order valence-corrected chi connectivity index (χ4v) is 4.25. The van der Waals surface area contributed by atoms with Gasteiger partial charge in [-0.2, -0.15) is 0 Å². The second-order valence-electron chi connectivity index (χ2n) is 7.16. The minimum absolute atomic E-state index is 0. The maximum absolute atomic E-state index is 12.3. The molecule has 154 valence electrons. The van der Waals surface area contributed by atoms with Gasteiger partial charge in [0.1, 0.15) is 5.75 Å². The van der Waals surface area contributed by atoms with Crippen molar-refractivity contribution in [2.24, 2.45) is 5.92 Å². The number of rotatable bonds is 7. The van der Waals surface area contributed by atoms with E-state index in [2.05, 4.69) is 33.3 Å². The molecule has 2 saturated heterocycles. The number of halogens is 2. The molecule has 0 aliphatic carbocycles. The van der Waals surface area contributed by atoms with Gasteiger partial charge in [-0.3, -0.25) is 9.69 Å². The summed E-state index contributed by atoms with van der Waals surface area (Å²) in [5.41, 5.74) is 1.31. The summed E-state index contributed by atoms with van der Waals surface area (Å²) in [4.78, 5) is 17.0. The van der Waals surface area contributed by atoms with Crippen LogP contribution in [0.1, 0.15) is 31.7 Å². The van der Waals surface area contributed by atoms with Crippen LogP contribution in [0, 0.1) is 5.92 Å². The van der Waals surface area contributed by atoms with Crippen molar-refractivity contribution in [1.29, 1.82) is 0 Å². The molecule has 1 aromatic carbocycles. The molecule has 7 heteroatoms. The van der Waals surface area contributed by atoms with Crippen molar-refractivity contribution in [3.63, 3.8) is 0 Å². The molecule has 27 heavy (non-hydrogen) atoms. The summed E-state index contributed by atoms with van der Waals surface area (Å²) in [6, 6.07) is 8.86. The zero-order valence-electron chi connectivity index (χ0n) is 16.4. The Morgan fingerprint density at radius 1 is 1.26 bits per heavy atom. The van der Waals surface area contributed by atoms with Crippen molar-refractivity contribution in [2.75, 3.05) is 39.8 Å². The highest BCUT2D eigenvalue weighted by atomic mass is 35.5. The summed E-state index contributed by atoms with van der Waals surface area (Å²) in [5.74, 6) is 1.91. The topological polar surface area (TPSA) is 44.8 Å². The third kappa shape index (κ3) is 6.24. The maximum atomic E-state index is 12.3. The van der Waals surface area contributed by atoms with E-state index in [1.165, 1.54) is 5.56 Å². The molecule has 5 nitrogen and oxygen atoms in total. The normalized spacial score (nSPS) is 22.4. The highest BCUT2D eigenvalue weighted by molar-refractivity contribution is 5.85. The number of carbonyl (C=O) groups excluding carboxylic acids is 1. The standard InChI is InChI=1S/C20H31N3O2.2ClH/c1-3-25-18-6-4-5-16(13-18)14-22-11-9-19-17(15-22)7-8-20(24)23(19)12-10-21-2;;/h4-6,13,17,19,21H,3,7-12,14-15H2,1-2H3;2*1H/t17-,19+;;/m0../s1. The molecule has 2 heterocycles. The zero-order valence-corrected chi connectivity index (χ0v) is 18.0. The monoisotopic (exact) mass is 417 g/mol. The van der Waals surface area contributed by atoms with Crippen LogP contribution in [0.2, 0.25) is 0 Å². The largest absolute Gasteiger partial charge is 0.494 e. The first-order valence-corrected chi connectivity index (χ1v) is 9.59. The average Bonchev–Trinajstić information content (AvgIpc) is 2.62. The fraction of sp³-hybridized carbons (Fsp3) is 0.650. The van der Waals surface area contributed by atoms with E-state index >= 15 is 0 Å². The van der Waals surface area contributed by atoms with E-state index < -0.39 is 0 Å². The van der Waals surface area contributed by atoms with Gasteiger partial charge in [-0.25, -0.2) is 0 Å². The lowest BCUT2D eigenvalue weighted by molar-refractivity contribution is -0.141. The van der Waals surface area contributed by atoms with Gasteiger partial charge in [0.2, 0.25) is 5.91 Å². The Balaban J connectivity index is 0.00000182. The number of piperidine rings is 2. The molecule has 2 atom stereocenters. The summed E-state index contributed by atoms with van der Waals surface area (Å²) < 4.78 is 5.62. The van der Waals surface area contributed by atoms with Crippen molar-refractivity contribution in [3.05, 3.63) is 29.8 Å². The number of hydrogen-bond donors (Lipinski definition) is 1. The van der Waals surface area contributed by atoms with Gasteiger partial charge < -0.3 is 15.0 Å². The quantitative estimate of drug-likeness (QED) is 0.740. The predicted molar refractivity (Wildman–Crippen MR) is 114 cm³/mol. The van der Waals surface area contributed by atoms with Crippen molar-refractivity contribution < 1.29 is 9.53 Å². The summed E-state index contributed by atoms with van der Waals surface area (Å²) in [5, 5.41) is 3.17. The molecule has 0 radical (unpaired) electrons. The van der Waals surface area contributed by atoms with E-state index in [-0.39, 0.29) is 24.8 Å². The van der Waals surface area contributed by atoms with Gasteiger partial charge in [0.05, 0.1) is 6.61 Å². The van der Waals surface area contributed by atoms with E-state index in [1.807, 2.05) is 20.0 Å². The zero-order chi connectivity index (χ0) is 17.6. The van der Waals surface area contributed by atoms with Gasteiger partial charge in [0.15, 0.2) is 0 Å². The predicted octanol–water partition coefficient (Wildman–Crippen LogP) is 2.96. The molecule has 1 N–H and O–H groups in total. The molecule has 1 aromatic rings. The van der Waals surface area contributed by atoms with Crippen LogP contribution in [0.5, 0.6) is 5.75 Å². The molecular formula is C20H33Cl2N3O2. The average molecular weight is 418 g/mol. The Kier molecular flexibility index (Phi) is 10.5. The first-order valence-electron chi connectivity index (χ1n) is 9.59. The van der Waals surface area contributed by atoms with E-state index in [0.717, 1.165) is 51.3 Å². The first kappa shape index (κ1) is 24.0. The van der Waals surface area contributed by atoms with Crippen LogP contribution < -0.4 is 10.1 Å². The number of hydrogen-bond acceptors (Lipinski definition) is 4. The lowest BCUT2D eigenvalue weighted by atomic mass is 9.83. The molecule has 2 aliphatic heterocycles. The Morgan fingerprint density at radius 3 is 2.81 bits per heavy atom. The molecular weight excluding hydrogens is 385 g/mol. The van der Waals surface area contributed by atoms with Gasteiger partial charge in [0.25, 0.3) is 0 Å². The molecule has 0 bridgehead atoms. The highest BCUT2D eigenvalue weighted by Gasteiger charge is 2.38. The summed E-state index contributed by atoms with van der Waals surface area (Å²) >= 11 is 0. The number of nitrogens with one attached hydrogen (secondary N) is 1. The molecule has 0 aromatic heterocycles. The van der Waals surface area contributed by atoms with Crippen molar-refractivity contribution in [2.45, 2.75) is 38.8 Å². The number of ether oxygens (including phenoxy) is 1. The van der Waals surface area contributed by atoms with E-state index in [1.54, 1.807) is 0 Å². The van der Waals surface area contributed by atoms with E-state index in [4.69, 9.17) is 4.74 Å². The van der Waals surface area contributed by atoms with Gasteiger partial charge in [0, 0.05) is 45.2 Å². The lowest BCUT2D eigenvalue weighted by Crippen LogP contribution is -2.56. The van der Waals surface area contributed by atoms with Crippen LogP contribution in [0.25, 0.3) is 0 Å². The third-order valence-electron chi connectivity index (χ3n) is 5.45. The number of carbonyl (C=O) groups is 1. The Labute approximate surface area is 175 Å². The Morgan fingerprint density at radius 2 is 2.07 bits per heavy atom. The summed E-state index contributed by atoms with van der Waals surface area (Å²) in [6.07, 6.45) is 2.83. The van der Waals surface area contributed by atoms with Crippen LogP contribution >= 0.6 is 24.8 Å². The number of nitrogens with zero attached hydrogens (tertiary/aromatic N) is 2. The molecule has 0 saturated carbocycles.